The van der Waals surface area contributed by atoms with Crippen molar-refractivity contribution in [2.45, 2.75) is 32.8 Å². The lowest BCUT2D eigenvalue weighted by molar-refractivity contribution is 0.0855. The molecule has 0 aromatic heterocycles. The summed E-state index contributed by atoms with van der Waals surface area (Å²) in [5.41, 5.74) is 0. The molecule has 70 valence electrons. The van der Waals surface area contributed by atoms with Gasteiger partial charge in [-0.25, -0.2) is 0 Å². The van der Waals surface area contributed by atoms with Crippen LogP contribution < -0.4 is 0 Å². The molecule has 0 aliphatic rings. The highest BCUT2D eigenvalue weighted by molar-refractivity contribution is 4.84. The van der Waals surface area contributed by atoms with Crippen molar-refractivity contribution >= 4 is 0 Å². The molecule has 1 N–H and O–H groups in total. The lowest BCUT2D eigenvalue weighted by atomic mass is 9.86. The van der Waals surface area contributed by atoms with Crippen LogP contribution in [0.5, 0.6) is 0 Å². The normalized spacial score (nSPS) is 15.7. The van der Waals surface area contributed by atoms with Crippen molar-refractivity contribution in [3.63, 3.8) is 0 Å². The van der Waals surface area contributed by atoms with E-state index in [9.17, 15) is 5.11 Å². The van der Waals surface area contributed by atoms with E-state index in [0.717, 1.165) is 6.42 Å². The van der Waals surface area contributed by atoms with E-state index in [0.29, 0.717) is 18.3 Å². The van der Waals surface area contributed by atoms with Crippen molar-refractivity contribution in [2.75, 3.05) is 0 Å². The van der Waals surface area contributed by atoms with Crippen LogP contribution in [0.1, 0.15) is 26.7 Å². The number of hydrogen-bond acceptors (Lipinski definition) is 1. The highest BCUT2D eigenvalue weighted by atomic mass is 16.3. The zero-order valence-corrected chi connectivity index (χ0v) is 8.16. The van der Waals surface area contributed by atoms with E-state index in [1.165, 1.54) is 0 Å². The van der Waals surface area contributed by atoms with Gasteiger partial charge in [-0.1, -0.05) is 26.0 Å². The third-order valence-corrected chi connectivity index (χ3v) is 2.20. The van der Waals surface area contributed by atoms with E-state index in [1.54, 1.807) is 6.08 Å². The molecule has 0 saturated carbocycles. The Bertz CT molecular complexity index is 138. The fraction of sp³-hybridized carbons (Fsp3) is 0.636. The highest BCUT2D eigenvalue weighted by Crippen LogP contribution is 2.21. The van der Waals surface area contributed by atoms with Gasteiger partial charge in [0.1, 0.15) is 0 Å². The molecule has 0 saturated heterocycles. The highest BCUT2D eigenvalue weighted by Gasteiger charge is 2.19. The minimum absolute atomic E-state index is 0.263. The summed E-state index contributed by atoms with van der Waals surface area (Å²) in [6.07, 6.45) is 4.93. The van der Waals surface area contributed by atoms with Gasteiger partial charge in [0.25, 0.3) is 0 Å². The quantitative estimate of drug-likeness (QED) is 0.605. The topological polar surface area (TPSA) is 20.2 Å². The first kappa shape index (κ1) is 11.4. The SMILES string of the molecule is C=CCC(O)C(CC=C)C(C)C. The van der Waals surface area contributed by atoms with Gasteiger partial charge in [-0.3, -0.25) is 0 Å². The average Bonchev–Trinajstić information content (AvgIpc) is 1.99. The summed E-state index contributed by atoms with van der Waals surface area (Å²) in [5, 5.41) is 9.69. The molecule has 0 bridgehead atoms. The monoisotopic (exact) mass is 168 g/mol. The Labute approximate surface area is 75.8 Å². The Morgan fingerprint density at radius 2 is 1.67 bits per heavy atom. The van der Waals surface area contributed by atoms with Crippen molar-refractivity contribution in [3.8, 4) is 0 Å². The molecule has 0 spiro atoms. The minimum Gasteiger partial charge on any atom is -0.392 e. The summed E-state index contributed by atoms with van der Waals surface area (Å²) in [6.45, 7) is 11.6. The molecule has 2 unspecified atom stereocenters. The molecule has 1 nitrogen and oxygen atoms in total. The zero-order valence-electron chi connectivity index (χ0n) is 8.16. The van der Waals surface area contributed by atoms with Crippen molar-refractivity contribution in [1.82, 2.24) is 0 Å². The molecule has 0 aliphatic heterocycles. The van der Waals surface area contributed by atoms with Crippen LogP contribution in [0.2, 0.25) is 0 Å². The number of allylic oxidation sites excluding steroid dienone is 1. The molecule has 0 amide bonds. The molecule has 1 heteroatoms. The van der Waals surface area contributed by atoms with E-state index < -0.39 is 0 Å². The summed E-state index contributed by atoms with van der Waals surface area (Å²) < 4.78 is 0. The predicted molar refractivity (Wildman–Crippen MR) is 54.0 cm³/mol. The Kier molecular flexibility index (Phi) is 5.73. The molecule has 0 aliphatic carbocycles. The Hall–Kier alpha value is -0.560. The largest absolute Gasteiger partial charge is 0.392 e. The van der Waals surface area contributed by atoms with E-state index in [-0.39, 0.29) is 6.10 Å². The third kappa shape index (κ3) is 3.72. The van der Waals surface area contributed by atoms with Crippen molar-refractivity contribution in [3.05, 3.63) is 25.3 Å². The van der Waals surface area contributed by atoms with Crippen LogP contribution in [0.25, 0.3) is 0 Å². The van der Waals surface area contributed by atoms with Crippen LogP contribution in [0, 0.1) is 11.8 Å². The number of hydrogen-bond donors (Lipinski definition) is 1. The van der Waals surface area contributed by atoms with E-state index in [2.05, 4.69) is 27.0 Å². The lowest BCUT2D eigenvalue weighted by Gasteiger charge is -2.24. The molecule has 0 rings (SSSR count). The van der Waals surface area contributed by atoms with Gasteiger partial charge in [-0.15, -0.1) is 13.2 Å². The Balaban J connectivity index is 4.07. The second-order valence-electron chi connectivity index (χ2n) is 3.52. The average molecular weight is 168 g/mol. The van der Waals surface area contributed by atoms with Gasteiger partial charge < -0.3 is 5.11 Å². The van der Waals surface area contributed by atoms with Gasteiger partial charge in [-0.05, 0) is 24.7 Å². The van der Waals surface area contributed by atoms with Gasteiger partial charge in [0, 0.05) is 0 Å². The van der Waals surface area contributed by atoms with E-state index >= 15 is 0 Å². The van der Waals surface area contributed by atoms with Gasteiger partial charge in [0.2, 0.25) is 0 Å². The van der Waals surface area contributed by atoms with Crippen LogP contribution in [-0.4, -0.2) is 11.2 Å². The molecule has 0 radical (unpaired) electrons. The second kappa shape index (κ2) is 6.01. The van der Waals surface area contributed by atoms with Crippen molar-refractivity contribution in [2.24, 2.45) is 11.8 Å². The van der Waals surface area contributed by atoms with Crippen molar-refractivity contribution < 1.29 is 5.11 Å². The van der Waals surface area contributed by atoms with Gasteiger partial charge in [0.15, 0.2) is 0 Å². The molecular weight excluding hydrogens is 148 g/mol. The summed E-state index contributed by atoms with van der Waals surface area (Å²) in [7, 11) is 0. The van der Waals surface area contributed by atoms with Crippen LogP contribution in [-0.2, 0) is 0 Å². The van der Waals surface area contributed by atoms with Gasteiger partial charge >= 0.3 is 0 Å². The smallest absolute Gasteiger partial charge is 0.0608 e. The molecule has 2 atom stereocenters. The summed E-state index contributed by atoms with van der Waals surface area (Å²) in [6, 6.07) is 0. The predicted octanol–water partition coefficient (Wildman–Crippen LogP) is 2.77. The van der Waals surface area contributed by atoms with Crippen LogP contribution in [0.3, 0.4) is 0 Å². The summed E-state index contributed by atoms with van der Waals surface area (Å²) >= 11 is 0. The molecule has 0 aromatic rings. The maximum Gasteiger partial charge on any atom is 0.0608 e. The van der Waals surface area contributed by atoms with E-state index in [1.807, 2.05) is 6.08 Å². The first-order valence-corrected chi connectivity index (χ1v) is 4.53. The van der Waals surface area contributed by atoms with Gasteiger partial charge in [0.05, 0.1) is 6.10 Å². The first-order valence-electron chi connectivity index (χ1n) is 4.53. The Morgan fingerprint density at radius 3 is 2.00 bits per heavy atom. The Morgan fingerprint density at radius 1 is 1.17 bits per heavy atom. The van der Waals surface area contributed by atoms with Crippen LogP contribution in [0.15, 0.2) is 25.3 Å². The molecule has 0 fully saturated rings. The molecular formula is C11H20O. The third-order valence-electron chi connectivity index (χ3n) is 2.20. The summed E-state index contributed by atoms with van der Waals surface area (Å²) in [5.74, 6) is 0.818. The number of aliphatic hydroxyl groups is 1. The summed E-state index contributed by atoms with van der Waals surface area (Å²) in [4.78, 5) is 0. The van der Waals surface area contributed by atoms with Gasteiger partial charge in [-0.2, -0.15) is 0 Å². The minimum atomic E-state index is -0.263. The zero-order chi connectivity index (χ0) is 9.56. The van der Waals surface area contributed by atoms with Crippen LogP contribution >= 0.6 is 0 Å². The standard InChI is InChI=1S/C11H20O/c1-5-7-10(9(3)4)11(12)8-6-2/h5-6,9-12H,1-2,7-8H2,3-4H3. The molecule has 0 heterocycles. The number of rotatable bonds is 6. The maximum absolute atomic E-state index is 9.69. The number of aliphatic hydroxyl groups excluding tert-OH is 1. The van der Waals surface area contributed by atoms with Crippen molar-refractivity contribution in [1.29, 1.82) is 0 Å². The lowest BCUT2D eigenvalue weighted by Crippen LogP contribution is -2.24. The molecule has 12 heavy (non-hydrogen) atoms. The van der Waals surface area contributed by atoms with Crippen LogP contribution in [0.4, 0.5) is 0 Å². The van der Waals surface area contributed by atoms with E-state index in [4.69, 9.17) is 0 Å². The first-order chi connectivity index (χ1) is 5.63. The maximum atomic E-state index is 9.69. The molecule has 0 aromatic carbocycles. The second-order valence-corrected chi connectivity index (χ2v) is 3.52. The fourth-order valence-electron chi connectivity index (χ4n) is 1.41. The fourth-order valence-corrected chi connectivity index (χ4v) is 1.41.